The van der Waals surface area contributed by atoms with Gasteiger partial charge in [-0.2, -0.15) is 0 Å². The minimum absolute atomic E-state index is 0.0357. The molecule has 0 saturated carbocycles. The number of aliphatic hydroxyl groups is 1. The monoisotopic (exact) mass is 852 g/mol. The van der Waals surface area contributed by atoms with Crippen molar-refractivity contribution in [1.82, 2.24) is 0 Å². The van der Waals surface area contributed by atoms with E-state index >= 15 is 0 Å². The average Bonchev–Trinajstić information content (AvgIpc) is 3.67. The third-order valence-corrected chi connectivity index (χ3v) is 11.1. The fourth-order valence-corrected chi connectivity index (χ4v) is 7.83. The maximum atomic E-state index is 11.8. The highest BCUT2D eigenvalue weighted by molar-refractivity contribution is 5.18. The number of benzene rings is 6. The van der Waals surface area contributed by atoms with Gasteiger partial charge in [0.15, 0.2) is 12.6 Å². The lowest BCUT2D eigenvalue weighted by Crippen LogP contribution is -2.61. The Hall–Kier alpha value is -5.08. The van der Waals surface area contributed by atoms with Crippen LogP contribution in [0.5, 0.6) is 0 Å². The summed E-state index contributed by atoms with van der Waals surface area (Å²) in [6.45, 7) is 1.99. The predicted octanol–water partition coefficient (Wildman–Crippen LogP) is 8.59. The first-order valence-electron chi connectivity index (χ1n) is 21.7. The van der Waals surface area contributed by atoms with Gasteiger partial charge in [0.2, 0.25) is 0 Å². The van der Waals surface area contributed by atoms with Crippen molar-refractivity contribution >= 4 is 0 Å². The van der Waals surface area contributed by atoms with Gasteiger partial charge in [-0.3, -0.25) is 0 Å². The number of rotatable bonds is 22. The highest BCUT2D eigenvalue weighted by Crippen LogP contribution is 2.33. The van der Waals surface area contributed by atoms with E-state index in [4.69, 9.17) is 42.6 Å². The summed E-state index contributed by atoms with van der Waals surface area (Å²) in [5, 5.41) is 11.8. The molecule has 0 amide bonds. The maximum absolute atomic E-state index is 11.8. The van der Waals surface area contributed by atoms with Crippen LogP contribution in [0.1, 0.15) is 33.4 Å². The molecule has 10 nitrogen and oxygen atoms in total. The van der Waals surface area contributed by atoms with Crippen LogP contribution in [0.2, 0.25) is 0 Å². The lowest BCUT2D eigenvalue weighted by atomic mass is 9.98. The van der Waals surface area contributed by atoms with Crippen LogP contribution in [-0.4, -0.2) is 73.6 Å². The van der Waals surface area contributed by atoms with Crippen molar-refractivity contribution in [3.8, 4) is 0 Å². The van der Waals surface area contributed by atoms with Crippen molar-refractivity contribution in [2.24, 2.45) is 0 Å². The Kier molecular flexibility index (Phi) is 16.7. The summed E-state index contributed by atoms with van der Waals surface area (Å²) in [4.78, 5) is 0. The van der Waals surface area contributed by atoms with E-state index in [1.165, 1.54) is 0 Å². The molecular formula is C53H56O10. The van der Waals surface area contributed by atoms with E-state index in [1.54, 1.807) is 0 Å². The standard InChI is InChI=1S/C53H56O10/c54-52-50(59-35-43-27-15-5-16-28-43)49(58-34-42-25-13-4-14-26-42)47(56-32-40-21-9-2-10-22-40)46(62-52)38-61-53-51(60-36-44-29-17-6-18-30-44)48(57-33-41-23-11-3-12-24-41)45(63-53)37-55-31-39-19-7-1-8-20-39/h1-30,45-54H,31-38H2/t45-,46-,47-,48-,49+,50+,51+,52+,53-/m1/s1. The van der Waals surface area contributed by atoms with Gasteiger partial charge in [-0.15, -0.1) is 0 Å². The zero-order valence-electron chi connectivity index (χ0n) is 35.3. The molecule has 9 atom stereocenters. The summed E-state index contributed by atoms with van der Waals surface area (Å²) in [6.07, 6.45) is -7.22. The third kappa shape index (κ3) is 13.0. The molecule has 328 valence electrons. The Balaban J connectivity index is 1.05. The molecule has 2 heterocycles. The first-order chi connectivity index (χ1) is 31.2. The van der Waals surface area contributed by atoms with Gasteiger partial charge in [-0.05, 0) is 33.4 Å². The number of hydrogen-bond donors (Lipinski definition) is 1. The number of ether oxygens (including phenoxy) is 9. The SMILES string of the molecule is O[C@H]1O[C@H](CO[C@@H]2O[C@H](COCc3ccccc3)[C@@H](OCc3ccccc3)[C@@H]2OCc2ccccc2)[C@@H](OCc2ccccc2)[C@H](OCc2ccccc2)[C@@H]1OCc1ccccc1. The summed E-state index contributed by atoms with van der Waals surface area (Å²) in [5.41, 5.74) is 5.94. The molecule has 0 bridgehead atoms. The van der Waals surface area contributed by atoms with Crippen LogP contribution >= 0.6 is 0 Å². The second-order valence-corrected chi connectivity index (χ2v) is 15.7. The van der Waals surface area contributed by atoms with Gasteiger partial charge in [-0.25, -0.2) is 0 Å². The zero-order valence-corrected chi connectivity index (χ0v) is 35.3. The molecule has 63 heavy (non-hydrogen) atoms. The zero-order chi connectivity index (χ0) is 42.9. The first kappa shape index (κ1) is 44.5. The van der Waals surface area contributed by atoms with Crippen LogP contribution in [-0.2, 0) is 82.3 Å². The van der Waals surface area contributed by atoms with Gasteiger partial charge in [0, 0.05) is 0 Å². The van der Waals surface area contributed by atoms with E-state index in [2.05, 4.69) is 0 Å². The molecule has 6 aromatic carbocycles. The Labute approximate surface area is 370 Å². The molecular weight excluding hydrogens is 797 g/mol. The molecule has 8 rings (SSSR count). The topological polar surface area (TPSA) is 103 Å². The largest absolute Gasteiger partial charge is 0.374 e. The van der Waals surface area contributed by atoms with Gasteiger partial charge in [0.1, 0.15) is 42.7 Å². The Morgan fingerprint density at radius 3 is 1.05 bits per heavy atom. The van der Waals surface area contributed by atoms with Gasteiger partial charge >= 0.3 is 0 Å². The van der Waals surface area contributed by atoms with Crippen molar-refractivity contribution in [3.05, 3.63) is 215 Å². The molecule has 0 radical (unpaired) electrons. The van der Waals surface area contributed by atoms with E-state index in [9.17, 15) is 5.11 Å². The summed E-state index contributed by atoms with van der Waals surface area (Å²) in [7, 11) is 0. The fraction of sp³-hybridized carbons (Fsp3) is 0.321. The first-order valence-corrected chi connectivity index (χ1v) is 21.7. The minimum Gasteiger partial charge on any atom is -0.374 e. The normalized spacial score (nSPS) is 24.6. The van der Waals surface area contributed by atoms with Crippen molar-refractivity contribution in [3.63, 3.8) is 0 Å². The molecule has 2 aliphatic heterocycles. The van der Waals surface area contributed by atoms with Crippen molar-refractivity contribution in [2.75, 3.05) is 13.2 Å². The lowest BCUT2D eigenvalue weighted by molar-refractivity contribution is -0.323. The molecule has 0 unspecified atom stereocenters. The van der Waals surface area contributed by atoms with E-state index in [-0.39, 0.29) is 33.0 Å². The Bertz CT molecular complexity index is 2150. The highest BCUT2D eigenvalue weighted by atomic mass is 16.7. The molecule has 2 aliphatic rings. The summed E-state index contributed by atoms with van der Waals surface area (Å²) < 4.78 is 59.4. The van der Waals surface area contributed by atoms with E-state index < -0.39 is 55.3 Å². The Morgan fingerprint density at radius 1 is 0.317 bits per heavy atom. The molecule has 10 heteroatoms. The molecule has 2 fully saturated rings. The summed E-state index contributed by atoms with van der Waals surface area (Å²) in [5.74, 6) is 0. The van der Waals surface area contributed by atoms with E-state index in [0.29, 0.717) is 19.8 Å². The van der Waals surface area contributed by atoms with Gasteiger partial charge in [0.05, 0.1) is 52.9 Å². The molecule has 6 aromatic rings. The second kappa shape index (κ2) is 23.6. The smallest absolute Gasteiger partial charge is 0.187 e. The summed E-state index contributed by atoms with van der Waals surface area (Å²) >= 11 is 0. The van der Waals surface area contributed by atoms with Gasteiger partial charge < -0.3 is 47.7 Å². The molecule has 0 aromatic heterocycles. The maximum Gasteiger partial charge on any atom is 0.187 e. The van der Waals surface area contributed by atoms with Crippen molar-refractivity contribution in [2.45, 2.75) is 94.9 Å². The number of hydrogen-bond acceptors (Lipinski definition) is 10. The van der Waals surface area contributed by atoms with Crippen LogP contribution < -0.4 is 0 Å². The second-order valence-electron chi connectivity index (χ2n) is 15.7. The van der Waals surface area contributed by atoms with E-state index in [1.807, 2.05) is 182 Å². The van der Waals surface area contributed by atoms with Gasteiger partial charge in [-0.1, -0.05) is 182 Å². The van der Waals surface area contributed by atoms with Crippen LogP contribution in [0, 0.1) is 0 Å². The Morgan fingerprint density at radius 2 is 0.635 bits per heavy atom. The molecule has 0 aliphatic carbocycles. The van der Waals surface area contributed by atoms with E-state index in [0.717, 1.165) is 33.4 Å². The van der Waals surface area contributed by atoms with Crippen molar-refractivity contribution in [1.29, 1.82) is 0 Å². The highest BCUT2D eigenvalue weighted by Gasteiger charge is 2.51. The van der Waals surface area contributed by atoms with Crippen LogP contribution in [0.15, 0.2) is 182 Å². The van der Waals surface area contributed by atoms with Crippen LogP contribution in [0.3, 0.4) is 0 Å². The molecule has 1 N–H and O–H groups in total. The fourth-order valence-electron chi connectivity index (χ4n) is 7.83. The quantitative estimate of drug-likeness (QED) is 0.0715. The molecule has 0 spiro atoms. The third-order valence-electron chi connectivity index (χ3n) is 11.1. The average molecular weight is 853 g/mol. The van der Waals surface area contributed by atoms with Crippen LogP contribution in [0.25, 0.3) is 0 Å². The molecule has 2 saturated heterocycles. The van der Waals surface area contributed by atoms with Gasteiger partial charge in [0.25, 0.3) is 0 Å². The summed E-state index contributed by atoms with van der Waals surface area (Å²) in [6, 6.07) is 59.6. The predicted molar refractivity (Wildman–Crippen MR) is 237 cm³/mol. The number of aliphatic hydroxyl groups excluding tert-OH is 1. The van der Waals surface area contributed by atoms with Crippen LogP contribution in [0.4, 0.5) is 0 Å². The minimum atomic E-state index is -1.37. The van der Waals surface area contributed by atoms with Crippen molar-refractivity contribution < 1.29 is 47.7 Å². The lowest BCUT2D eigenvalue weighted by Gasteiger charge is -2.44.